The van der Waals surface area contributed by atoms with Crippen LogP contribution in [0.1, 0.15) is 33.6 Å². The van der Waals surface area contributed by atoms with Crippen LogP contribution in [0.15, 0.2) is 78.9 Å². The Morgan fingerprint density at radius 1 is 1.00 bits per heavy atom. The molecule has 2 heterocycles. The Morgan fingerprint density at radius 2 is 1.73 bits per heavy atom. The molecule has 5 rings (SSSR count). The molecule has 1 aromatic heterocycles. The van der Waals surface area contributed by atoms with Crippen molar-refractivity contribution in [3.63, 3.8) is 0 Å². The Labute approximate surface area is 217 Å². The first-order chi connectivity index (χ1) is 18.0. The smallest absolute Gasteiger partial charge is 0.317 e. The van der Waals surface area contributed by atoms with E-state index < -0.39 is 0 Å². The summed E-state index contributed by atoms with van der Waals surface area (Å²) in [6, 6.07) is 24.8. The van der Waals surface area contributed by atoms with Crippen LogP contribution in [0.5, 0.6) is 0 Å². The molecule has 7 heteroatoms. The molecule has 4 aromatic rings. The number of rotatable bonds is 7. The molecule has 0 atom stereocenters. The lowest BCUT2D eigenvalue weighted by Gasteiger charge is -2.28. The van der Waals surface area contributed by atoms with Crippen molar-refractivity contribution in [3.05, 3.63) is 118 Å². The minimum Gasteiger partial charge on any atom is -0.334 e. The van der Waals surface area contributed by atoms with Crippen molar-refractivity contribution in [2.24, 2.45) is 0 Å². The van der Waals surface area contributed by atoms with E-state index in [1.54, 1.807) is 11.9 Å². The second-order valence-electron chi connectivity index (χ2n) is 9.71. The first-order valence-corrected chi connectivity index (χ1v) is 12.6. The number of halogens is 1. The van der Waals surface area contributed by atoms with E-state index in [4.69, 9.17) is 5.10 Å². The van der Waals surface area contributed by atoms with Crippen molar-refractivity contribution in [1.29, 1.82) is 0 Å². The van der Waals surface area contributed by atoms with Crippen LogP contribution in [0.25, 0.3) is 5.69 Å². The monoisotopic (exact) mass is 497 g/mol. The fourth-order valence-electron chi connectivity index (χ4n) is 4.76. The van der Waals surface area contributed by atoms with Gasteiger partial charge in [-0.15, -0.1) is 0 Å². The molecule has 190 valence electrons. The zero-order valence-corrected chi connectivity index (χ0v) is 21.3. The highest BCUT2D eigenvalue weighted by atomic mass is 19.1. The van der Waals surface area contributed by atoms with E-state index in [0.29, 0.717) is 13.1 Å². The average molecular weight is 498 g/mol. The maximum Gasteiger partial charge on any atom is 0.317 e. The van der Waals surface area contributed by atoms with Gasteiger partial charge in [0.05, 0.1) is 23.6 Å². The number of hydrogen-bond acceptors (Lipinski definition) is 3. The Morgan fingerprint density at radius 3 is 2.46 bits per heavy atom. The van der Waals surface area contributed by atoms with Gasteiger partial charge in [0.1, 0.15) is 5.82 Å². The van der Waals surface area contributed by atoms with Crippen molar-refractivity contribution >= 4 is 6.03 Å². The Hall–Kier alpha value is -3.97. The fourth-order valence-corrected chi connectivity index (χ4v) is 4.76. The number of nitrogens with zero attached hydrogens (tertiary/aromatic N) is 4. The van der Waals surface area contributed by atoms with Crippen LogP contribution in [0.3, 0.4) is 0 Å². The van der Waals surface area contributed by atoms with Crippen molar-refractivity contribution < 1.29 is 9.18 Å². The van der Waals surface area contributed by atoms with E-state index in [1.165, 1.54) is 23.4 Å². The molecule has 2 amide bonds. The highest BCUT2D eigenvalue weighted by Crippen LogP contribution is 2.27. The summed E-state index contributed by atoms with van der Waals surface area (Å²) in [5.74, 6) is -0.222. The van der Waals surface area contributed by atoms with Gasteiger partial charge in [-0.05, 0) is 42.3 Å². The number of benzene rings is 3. The minimum atomic E-state index is -0.222. The van der Waals surface area contributed by atoms with E-state index in [2.05, 4.69) is 41.4 Å². The number of carbonyl (C=O) groups excluding carboxylic acids is 1. The van der Waals surface area contributed by atoms with E-state index in [-0.39, 0.29) is 11.8 Å². The first-order valence-electron chi connectivity index (χ1n) is 12.6. The maximum atomic E-state index is 13.4. The van der Waals surface area contributed by atoms with Crippen LogP contribution in [0.2, 0.25) is 0 Å². The zero-order valence-electron chi connectivity index (χ0n) is 21.3. The number of urea groups is 1. The molecule has 0 aliphatic carbocycles. The van der Waals surface area contributed by atoms with Gasteiger partial charge in [0.25, 0.3) is 0 Å². The Bertz CT molecular complexity index is 1350. The van der Waals surface area contributed by atoms with E-state index in [0.717, 1.165) is 54.1 Å². The van der Waals surface area contributed by atoms with Crippen molar-refractivity contribution in [2.75, 3.05) is 13.6 Å². The van der Waals surface area contributed by atoms with Gasteiger partial charge in [0, 0.05) is 45.2 Å². The molecule has 0 saturated carbocycles. The van der Waals surface area contributed by atoms with Crippen LogP contribution in [-0.4, -0.2) is 39.2 Å². The molecule has 37 heavy (non-hydrogen) atoms. The number of carbonyl (C=O) groups is 1. The van der Waals surface area contributed by atoms with Crippen LogP contribution in [0, 0.1) is 12.7 Å². The first kappa shape index (κ1) is 24.7. The maximum absolute atomic E-state index is 13.4. The quantitative estimate of drug-likeness (QED) is 0.381. The zero-order chi connectivity index (χ0) is 25.8. The van der Waals surface area contributed by atoms with Crippen LogP contribution in [0.4, 0.5) is 9.18 Å². The number of fused-ring (bicyclic) bond motifs is 1. The highest BCUT2D eigenvalue weighted by molar-refractivity contribution is 5.73. The summed E-state index contributed by atoms with van der Waals surface area (Å²) in [7, 11) is 1.80. The Balaban J connectivity index is 1.36. The molecule has 0 bridgehead atoms. The van der Waals surface area contributed by atoms with Gasteiger partial charge in [0.15, 0.2) is 0 Å². The molecule has 0 saturated heterocycles. The van der Waals surface area contributed by atoms with Crippen LogP contribution >= 0.6 is 0 Å². The van der Waals surface area contributed by atoms with Gasteiger partial charge in [-0.2, -0.15) is 5.10 Å². The van der Waals surface area contributed by atoms with Gasteiger partial charge >= 0.3 is 6.03 Å². The summed E-state index contributed by atoms with van der Waals surface area (Å²) in [6.07, 6.45) is 0.849. The third-order valence-electron chi connectivity index (χ3n) is 6.84. The van der Waals surface area contributed by atoms with E-state index in [1.807, 2.05) is 47.1 Å². The molecule has 0 unspecified atom stereocenters. The number of amides is 2. The lowest BCUT2D eigenvalue weighted by atomic mass is 10.0. The predicted molar refractivity (Wildman–Crippen MR) is 143 cm³/mol. The van der Waals surface area contributed by atoms with Gasteiger partial charge in [-0.25, -0.2) is 13.9 Å². The molecule has 3 aromatic carbocycles. The summed E-state index contributed by atoms with van der Waals surface area (Å²) in [4.78, 5) is 16.9. The highest BCUT2D eigenvalue weighted by Gasteiger charge is 2.27. The molecule has 1 N–H and O–H groups in total. The van der Waals surface area contributed by atoms with Crippen molar-refractivity contribution in [1.82, 2.24) is 24.9 Å². The predicted octanol–water partition coefficient (Wildman–Crippen LogP) is 5.22. The van der Waals surface area contributed by atoms with Crippen LogP contribution in [-0.2, 0) is 32.6 Å². The van der Waals surface area contributed by atoms with Gasteiger partial charge in [0.2, 0.25) is 0 Å². The number of hydrogen-bond donors (Lipinski definition) is 1. The molecular weight excluding hydrogens is 465 g/mol. The lowest BCUT2D eigenvalue weighted by Crippen LogP contribution is -2.37. The molecule has 0 radical (unpaired) electrons. The average Bonchev–Trinajstić information content (AvgIpc) is 3.27. The number of aryl methyl sites for hydroxylation is 1. The summed E-state index contributed by atoms with van der Waals surface area (Å²) >= 11 is 0. The third kappa shape index (κ3) is 5.89. The lowest BCUT2D eigenvalue weighted by molar-refractivity contribution is 0.205. The van der Waals surface area contributed by atoms with Crippen molar-refractivity contribution in [2.45, 2.75) is 39.5 Å². The molecule has 1 aliphatic heterocycles. The molecule has 1 aliphatic rings. The van der Waals surface area contributed by atoms with Gasteiger partial charge in [-0.1, -0.05) is 60.2 Å². The van der Waals surface area contributed by atoms with Crippen molar-refractivity contribution in [3.8, 4) is 5.69 Å². The number of aromatic nitrogens is 2. The minimum absolute atomic E-state index is 0.138. The Kier molecular flexibility index (Phi) is 7.32. The summed E-state index contributed by atoms with van der Waals surface area (Å²) in [6.45, 7) is 5.31. The normalized spacial score (nSPS) is 13.3. The van der Waals surface area contributed by atoms with Gasteiger partial charge < -0.3 is 10.2 Å². The number of nitrogens with one attached hydrogen (secondary N) is 1. The second kappa shape index (κ2) is 11.0. The second-order valence-corrected chi connectivity index (χ2v) is 9.71. The molecule has 6 nitrogen and oxygen atoms in total. The molecular formula is C30H32FN5O. The summed E-state index contributed by atoms with van der Waals surface area (Å²) in [5.41, 5.74) is 7.61. The topological polar surface area (TPSA) is 53.4 Å². The van der Waals surface area contributed by atoms with Gasteiger partial charge in [-0.3, -0.25) is 4.90 Å². The summed E-state index contributed by atoms with van der Waals surface area (Å²) in [5, 5.41) is 8.01. The SMILES string of the molecule is Cc1ccc(-n2nc(CN(C)C(=O)NCc3ccccc3)c3c2CCN(Cc2ccc(F)cc2)C3)cc1. The van der Waals surface area contributed by atoms with E-state index in [9.17, 15) is 9.18 Å². The van der Waals surface area contributed by atoms with Crippen LogP contribution < -0.4 is 5.32 Å². The standard InChI is InChI=1S/C30H32FN5O/c1-22-8-14-26(15-9-22)36-29-16-17-35(19-24-10-12-25(31)13-11-24)20-27(29)28(33-36)21-34(2)30(37)32-18-23-6-4-3-5-7-23/h3-15H,16-21H2,1-2H3,(H,32,37). The molecule has 0 spiro atoms. The fraction of sp³-hybridized carbons (Fsp3) is 0.267. The summed E-state index contributed by atoms with van der Waals surface area (Å²) < 4.78 is 15.4. The largest absolute Gasteiger partial charge is 0.334 e. The molecule has 0 fully saturated rings. The van der Waals surface area contributed by atoms with E-state index >= 15 is 0 Å². The third-order valence-corrected chi connectivity index (χ3v) is 6.84.